The first kappa shape index (κ1) is 5.16. The second-order valence-electron chi connectivity index (χ2n) is 1.88. The molecule has 1 rings (SSSR count). The molecule has 0 radical (unpaired) electrons. The lowest BCUT2D eigenvalue weighted by Gasteiger charge is -1.81. The summed E-state index contributed by atoms with van der Waals surface area (Å²) in [5, 5.41) is -0.685. The third-order valence-electron chi connectivity index (χ3n) is 1.14. The zero-order valence-electron chi connectivity index (χ0n) is 3.79. The van der Waals surface area contributed by atoms with Crippen LogP contribution in [0.2, 0.25) is 0 Å². The van der Waals surface area contributed by atoms with Crippen LogP contribution in [0, 0.1) is 0 Å². The Hall–Kier alpha value is 0.0200. The fraction of sp³-hybridized carbons (Fsp3) is 1.00. The Balaban J connectivity index is 2.55. The molecule has 1 unspecified atom stereocenters. The van der Waals surface area contributed by atoms with Gasteiger partial charge < -0.3 is 0 Å². The summed E-state index contributed by atoms with van der Waals surface area (Å²) in [5.74, 6) is 0. The predicted octanol–water partition coefficient (Wildman–Crippen LogP) is 0.170. The molecule has 0 amide bonds. The van der Waals surface area contributed by atoms with Gasteiger partial charge in [0.05, 0.1) is 0 Å². The maximum atomic E-state index is 10.1. The van der Waals surface area contributed by atoms with Crippen LogP contribution in [0.4, 0.5) is 0 Å². The Bertz CT molecular complexity index is 110. The summed E-state index contributed by atoms with van der Waals surface area (Å²) < 4.78 is 10.1. The molecule has 0 spiro atoms. The van der Waals surface area contributed by atoms with Crippen LogP contribution in [0.15, 0.2) is 0 Å². The topological polar surface area (TPSA) is 63.3 Å². The molecule has 3 N–H and O–H groups in total. The second-order valence-corrected chi connectivity index (χ2v) is 3.31. The van der Waals surface area contributed by atoms with Gasteiger partial charge in [-0.05, 0) is 4.57 Å². The summed E-state index contributed by atoms with van der Waals surface area (Å²) in [5.41, 5.74) is 5.26. The van der Waals surface area contributed by atoms with E-state index in [0.717, 1.165) is 0 Å². The van der Waals surface area contributed by atoms with Crippen LogP contribution in [0.3, 0.4) is 0 Å². The molecule has 0 aromatic heterocycles. The Labute approximate surface area is 42.4 Å². The highest BCUT2D eigenvalue weighted by Gasteiger charge is 2.57. The summed E-state index contributed by atoms with van der Waals surface area (Å²) in [7, 11) is -2.10. The van der Waals surface area contributed by atoms with Crippen molar-refractivity contribution in [3.63, 3.8) is 0 Å². The highest BCUT2D eigenvalue weighted by atomic mass is 31.1. The van der Waals surface area contributed by atoms with E-state index in [1.807, 2.05) is 0 Å². The minimum Gasteiger partial charge on any atom is -0.282 e. The first-order valence-corrected chi connectivity index (χ1v) is 3.31. The molecule has 1 saturated carbocycles. The molecule has 0 saturated heterocycles. The lowest BCUT2D eigenvalue weighted by atomic mass is 10.8. The normalized spacial score (nSPS) is 26.9. The van der Waals surface area contributed by atoms with Crippen molar-refractivity contribution in [1.29, 1.82) is 0 Å². The van der Waals surface area contributed by atoms with E-state index in [4.69, 9.17) is 10.6 Å². The van der Waals surface area contributed by atoms with Crippen molar-refractivity contribution in [2.75, 3.05) is 0 Å². The van der Waals surface area contributed by atoms with Gasteiger partial charge in [0.25, 0.3) is 0 Å². The molecule has 7 heavy (non-hydrogen) atoms. The fourth-order valence-corrected chi connectivity index (χ4v) is 0.814. The molecule has 3 nitrogen and oxygen atoms in total. The van der Waals surface area contributed by atoms with Crippen molar-refractivity contribution in [3.8, 4) is 0 Å². The van der Waals surface area contributed by atoms with Crippen molar-refractivity contribution >= 4 is 8.03 Å². The molecule has 0 aliphatic heterocycles. The monoisotopic (exact) mass is 120 g/mol. The largest absolute Gasteiger partial charge is 0.527 e. The summed E-state index contributed by atoms with van der Waals surface area (Å²) >= 11 is 0. The summed E-state index contributed by atoms with van der Waals surface area (Å²) in [6.45, 7) is 0. The van der Waals surface area contributed by atoms with E-state index < -0.39 is 13.3 Å². The number of nitrogens with two attached hydrogens (primary N) is 1. The summed E-state index contributed by atoms with van der Waals surface area (Å²) in [6.07, 6.45) is 1.41. The van der Waals surface area contributed by atoms with Crippen molar-refractivity contribution in [1.82, 2.24) is 0 Å². The SMILES string of the molecule is NC1([P+](=O)O)CC1. The zero-order valence-corrected chi connectivity index (χ0v) is 4.69. The highest BCUT2D eigenvalue weighted by Crippen LogP contribution is 2.49. The quantitative estimate of drug-likeness (QED) is 0.485. The molecule has 40 valence electrons. The van der Waals surface area contributed by atoms with Gasteiger partial charge in [0.1, 0.15) is 0 Å². The molecule has 0 aromatic rings. The standard InChI is InChI=1S/C3H6NO2P/c4-3(1-2-3)7(5)6/h1-2,4H2/p+1. The number of rotatable bonds is 1. The third kappa shape index (κ3) is 0.801. The van der Waals surface area contributed by atoms with Gasteiger partial charge in [-0.25, -0.2) is 0 Å². The summed E-state index contributed by atoms with van der Waals surface area (Å²) in [4.78, 5) is 8.34. The van der Waals surface area contributed by atoms with Crippen LogP contribution in [-0.4, -0.2) is 10.2 Å². The van der Waals surface area contributed by atoms with Gasteiger partial charge in [0.2, 0.25) is 5.28 Å². The van der Waals surface area contributed by atoms with Crippen molar-refractivity contribution in [3.05, 3.63) is 0 Å². The molecule has 4 heteroatoms. The Morgan fingerprint density at radius 3 is 2.14 bits per heavy atom. The van der Waals surface area contributed by atoms with E-state index in [0.29, 0.717) is 12.8 Å². The number of hydrogen-bond acceptors (Lipinski definition) is 2. The molecule has 1 atom stereocenters. The van der Waals surface area contributed by atoms with E-state index >= 15 is 0 Å². The van der Waals surface area contributed by atoms with E-state index in [1.165, 1.54) is 0 Å². The molecular formula is C3H7NO2P+. The number of hydrogen-bond donors (Lipinski definition) is 2. The highest BCUT2D eigenvalue weighted by molar-refractivity contribution is 7.40. The van der Waals surface area contributed by atoms with E-state index in [-0.39, 0.29) is 0 Å². The molecule has 1 fully saturated rings. The zero-order chi connectivity index (χ0) is 5.49. The molecule has 1 aliphatic rings. The van der Waals surface area contributed by atoms with Crippen molar-refractivity contribution in [2.24, 2.45) is 5.73 Å². The third-order valence-corrected chi connectivity index (χ3v) is 2.35. The van der Waals surface area contributed by atoms with Gasteiger partial charge in [-0.1, -0.05) is 0 Å². The second kappa shape index (κ2) is 1.25. The molecular weight excluding hydrogens is 113 g/mol. The molecule has 0 heterocycles. The first-order chi connectivity index (χ1) is 3.15. The maximum Gasteiger partial charge on any atom is 0.527 e. The van der Waals surface area contributed by atoms with Gasteiger partial charge >= 0.3 is 8.03 Å². The Morgan fingerprint density at radius 2 is 2.14 bits per heavy atom. The molecule has 1 aliphatic carbocycles. The van der Waals surface area contributed by atoms with Gasteiger partial charge in [-0.3, -0.25) is 5.73 Å². The van der Waals surface area contributed by atoms with Gasteiger partial charge in [-0.15, -0.1) is 0 Å². The van der Waals surface area contributed by atoms with E-state index in [9.17, 15) is 4.57 Å². The smallest absolute Gasteiger partial charge is 0.282 e. The van der Waals surface area contributed by atoms with Gasteiger partial charge in [0.15, 0.2) is 0 Å². The van der Waals surface area contributed by atoms with Crippen LogP contribution in [-0.2, 0) is 4.57 Å². The predicted molar refractivity (Wildman–Crippen MR) is 26.0 cm³/mol. The van der Waals surface area contributed by atoms with Crippen LogP contribution in [0.5, 0.6) is 0 Å². The van der Waals surface area contributed by atoms with Gasteiger partial charge in [-0.2, -0.15) is 4.89 Å². The molecule has 0 aromatic carbocycles. The van der Waals surface area contributed by atoms with Crippen molar-refractivity contribution in [2.45, 2.75) is 18.1 Å². The van der Waals surface area contributed by atoms with Crippen LogP contribution >= 0.6 is 8.03 Å². The van der Waals surface area contributed by atoms with Gasteiger partial charge in [0, 0.05) is 12.8 Å². The minimum absolute atomic E-state index is 0.685. The average Bonchev–Trinajstić information content (AvgIpc) is 2.21. The van der Waals surface area contributed by atoms with Crippen LogP contribution in [0.25, 0.3) is 0 Å². The maximum absolute atomic E-state index is 10.1. The lowest BCUT2D eigenvalue weighted by Crippen LogP contribution is -2.15. The average molecular weight is 120 g/mol. The minimum atomic E-state index is -2.10. The van der Waals surface area contributed by atoms with E-state index in [1.54, 1.807) is 0 Å². The van der Waals surface area contributed by atoms with Crippen LogP contribution < -0.4 is 5.73 Å². The Kier molecular flexibility index (Phi) is 0.921. The summed E-state index contributed by atoms with van der Waals surface area (Å²) in [6, 6.07) is 0. The molecule has 0 bridgehead atoms. The Morgan fingerprint density at radius 1 is 1.71 bits per heavy atom. The first-order valence-electron chi connectivity index (χ1n) is 2.10. The van der Waals surface area contributed by atoms with Crippen LogP contribution in [0.1, 0.15) is 12.8 Å². The lowest BCUT2D eigenvalue weighted by molar-refractivity contribution is 0.487. The van der Waals surface area contributed by atoms with Crippen molar-refractivity contribution < 1.29 is 9.46 Å². The van der Waals surface area contributed by atoms with E-state index in [2.05, 4.69) is 0 Å². The fourth-order valence-electron chi connectivity index (χ4n) is 0.319.